The molecule has 1 saturated heterocycles. The van der Waals surface area contributed by atoms with Crippen LogP contribution < -0.4 is 5.32 Å². The first-order chi connectivity index (χ1) is 11.8. The van der Waals surface area contributed by atoms with Crippen molar-refractivity contribution >= 4 is 29.5 Å². The number of nitrogens with one attached hydrogen (secondary N) is 1. The highest BCUT2D eigenvalue weighted by molar-refractivity contribution is 6.45. The maximum absolute atomic E-state index is 12.3. The summed E-state index contributed by atoms with van der Waals surface area (Å²) in [7, 11) is 0. The van der Waals surface area contributed by atoms with Crippen LogP contribution in [0.2, 0.25) is 0 Å². The van der Waals surface area contributed by atoms with Crippen LogP contribution in [-0.4, -0.2) is 52.4 Å². The van der Waals surface area contributed by atoms with Crippen molar-refractivity contribution in [2.24, 2.45) is 0 Å². The molecule has 1 aliphatic heterocycles. The molecule has 1 heterocycles. The van der Waals surface area contributed by atoms with Gasteiger partial charge in [0.25, 0.3) is 0 Å². The Morgan fingerprint density at radius 3 is 2.24 bits per heavy atom. The summed E-state index contributed by atoms with van der Waals surface area (Å²) >= 11 is 0. The minimum atomic E-state index is -1.03. The van der Waals surface area contributed by atoms with Crippen LogP contribution in [0.5, 0.6) is 0 Å². The Morgan fingerprint density at radius 2 is 1.68 bits per heavy atom. The number of amides is 5. The zero-order chi connectivity index (χ0) is 18.6. The quantitative estimate of drug-likeness (QED) is 0.336. The Kier molecular flexibility index (Phi) is 5.43. The van der Waals surface area contributed by atoms with Crippen LogP contribution in [0, 0.1) is 0 Å². The van der Waals surface area contributed by atoms with Crippen molar-refractivity contribution in [3.8, 4) is 0 Å². The van der Waals surface area contributed by atoms with Crippen molar-refractivity contribution in [1.29, 1.82) is 0 Å². The van der Waals surface area contributed by atoms with E-state index in [4.69, 9.17) is 0 Å². The molecule has 0 aromatic heterocycles. The third-order valence-electron chi connectivity index (χ3n) is 3.57. The van der Waals surface area contributed by atoms with Gasteiger partial charge in [-0.25, -0.2) is 9.69 Å². The van der Waals surface area contributed by atoms with E-state index in [-0.39, 0.29) is 12.5 Å². The van der Waals surface area contributed by atoms with E-state index < -0.39 is 30.2 Å². The second-order valence-electron chi connectivity index (χ2n) is 5.41. The molecule has 1 N–H and O–H groups in total. The molecule has 0 saturated carbocycles. The lowest BCUT2D eigenvalue weighted by molar-refractivity contribution is -0.142. The zero-order valence-corrected chi connectivity index (χ0v) is 13.7. The highest BCUT2D eigenvalue weighted by atomic mass is 16.2. The maximum Gasteiger partial charge on any atom is 0.334 e. The third-order valence-corrected chi connectivity index (χ3v) is 3.57. The number of urea groups is 1. The number of imide groups is 2. The lowest BCUT2D eigenvalue weighted by atomic mass is 10.1. The molecule has 5 amide bonds. The van der Waals surface area contributed by atoms with Gasteiger partial charge in [-0.15, -0.1) is 6.58 Å². The van der Waals surface area contributed by atoms with Crippen LogP contribution in [-0.2, 0) is 20.9 Å². The minimum Gasteiger partial charge on any atom is -0.352 e. The number of hydrogen-bond acceptors (Lipinski definition) is 5. The summed E-state index contributed by atoms with van der Waals surface area (Å²) in [5.74, 6) is -2.63. The van der Waals surface area contributed by atoms with Crippen LogP contribution in [0.15, 0.2) is 36.9 Å². The molecule has 2 rings (SSSR count). The lowest BCUT2D eigenvalue weighted by Crippen LogP contribution is -2.37. The maximum atomic E-state index is 12.3. The van der Waals surface area contributed by atoms with Gasteiger partial charge in [0.1, 0.15) is 0 Å². The number of carbonyl (C=O) groups is 5. The Morgan fingerprint density at radius 1 is 1.08 bits per heavy atom. The molecule has 0 bridgehead atoms. The zero-order valence-electron chi connectivity index (χ0n) is 13.7. The van der Waals surface area contributed by atoms with Crippen molar-refractivity contribution in [3.63, 3.8) is 0 Å². The number of hydrogen-bond donors (Lipinski definition) is 1. The topological polar surface area (TPSA) is 104 Å². The molecule has 0 unspecified atom stereocenters. The summed E-state index contributed by atoms with van der Waals surface area (Å²) in [6.07, 6.45) is 1.32. The van der Waals surface area contributed by atoms with Gasteiger partial charge in [0.2, 0.25) is 5.91 Å². The number of benzene rings is 1. The van der Waals surface area contributed by atoms with Crippen molar-refractivity contribution in [2.45, 2.75) is 13.5 Å². The van der Waals surface area contributed by atoms with E-state index in [2.05, 4.69) is 11.9 Å². The van der Waals surface area contributed by atoms with Crippen LogP contribution in [0.4, 0.5) is 4.79 Å². The molecule has 25 heavy (non-hydrogen) atoms. The van der Waals surface area contributed by atoms with Crippen molar-refractivity contribution in [3.05, 3.63) is 48.0 Å². The van der Waals surface area contributed by atoms with Gasteiger partial charge in [0.05, 0.1) is 6.54 Å². The highest BCUT2D eigenvalue weighted by Gasteiger charge is 2.44. The molecular weight excluding hydrogens is 326 g/mol. The van der Waals surface area contributed by atoms with Gasteiger partial charge in [0, 0.05) is 25.6 Å². The number of Topliss-reactive ketones (excluding diaryl/α,β-unsaturated/α-hetero) is 1. The monoisotopic (exact) mass is 343 g/mol. The number of carbonyl (C=O) groups excluding carboxylic acids is 5. The van der Waals surface area contributed by atoms with E-state index in [1.165, 1.54) is 25.1 Å². The second kappa shape index (κ2) is 7.52. The fourth-order valence-electron chi connectivity index (χ4n) is 2.25. The van der Waals surface area contributed by atoms with E-state index in [0.29, 0.717) is 17.0 Å². The van der Waals surface area contributed by atoms with Crippen molar-refractivity contribution in [1.82, 2.24) is 15.1 Å². The number of rotatable bonds is 7. The first-order valence-electron chi connectivity index (χ1n) is 7.50. The molecule has 1 aromatic carbocycles. The standard InChI is InChI=1S/C17H17N3O5/c1-3-8-19-15(23)16(24)20(17(19)25)10-14(22)13-6-4-12(5-7-13)9-18-11(2)21/h3-7H,1,8-10H2,2H3,(H,18,21). The lowest BCUT2D eigenvalue weighted by Gasteiger charge is -2.13. The summed E-state index contributed by atoms with van der Waals surface area (Å²) in [5, 5.41) is 2.63. The van der Waals surface area contributed by atoms with Crippen molar-refractivity contribution in [2.75, 3.05) is 13.1 Å². The minimum absolute atomic E-state index is 0.0913. The van der Waals surface area contributed by atoms with E-state index >= 15 is 0 Å². The van der Waals surface area contributed by atoms with Crippen molar-refractivity contribution < 1.29 is 24.0 Å². The van der Waals surface area contributed by atoms with E-state index in [1.54, 1.807) is 12.1 Å². The molecule has 0 spiro atoms. The third kappa shape index (κ3) is 3.97. The summed E-state index contributed by atoms with van der Waals surface area (Å²) in [6.45, 7) is 4.55. The molecule has 130 valence electrons. The van der Waals surface area contributed by atoms with Gasteiger partial charge < -0.3 is 5.32 Å². The molecule has 8 nitrogen and oxygen atoms in total. The number of nitrogens with zero attached hydrogens (tertiary/aromatic N) is 2. The van der Waals surface area contributed by atoms with Crippen LogP contribution in [0.3, 0.4) is 0 Å². The molecule has 0 aliphatic carbocycles. The van der Waals surface area contributed by atoms with Gasteiger partial charge in [-0.2, -0.15) is 0 Å². The van der Waals surface area contributed by atoms with Gasteiger partial charge in [-0.3, -0.25) is 24.1 Å². The average Bonchev–Trinajstić information content (AvgIpc) is 2.78. The van der Waals surface area contributed by atoms with Crippen LogP contribution >= 0.6 is 0 Å². The summed E-state index contributed by atoms with van der Waals surface area (Å²) in [4.78, 5) is 60.1. The van der Waals surface area contributed by atoms with E-state index in [9.17, 15) is 24.0 Å². The summed E-state index contributed by atoms with van der Waals surface area (Å²) < 4.78 is 0. The van der Waals surface area contributed by atoms with Gasteiger partial charge in [-0.1, -0.05) is 30.3 Å². The van der Waals surface area contributed by atoms with E-state index in [1.807, 2.05) is 0 Å². The Bertz CT molecular complexity index is 754. The molecule has 1 aromatic rings. The molecule has 0 radical (unpaired) electrons. The SMILES string of the molecule is C=CCN1C(=O)C(=O)N(CC(=O)c2ccc(CNC(C)=O)cc2)C1=O. The largest absolute Gasteiger partial charge is 0.352 e. The van der Waals surface area contributed by atoms with Gasteiger partial charge in [0.15, 0.2) is 5.78 Å². The second-order valence-corrected chi connectivity index (χ2v) is 5.41. The van der Waals surface area contributed by atoms with E-state index in [0.717, 1.165) is 10.5 Å². The summed E-state index contributed by atoms with van der Waals surface area (Å²) in [6, 6.07) is 5.56. The molecular formula is C17H17N3O5. The Balaban J connectivity index is 2.05. The predicted molar refractivity (Wildman–Crippen MR) is 87.3 cm³/mol. The first kappa shape index (κ1) is 18.1. The fraction of sp³-hybridized carbons (Fsp3) is 0.235. The van der Waals surface area contributed by atoms with Crippen LogP contribution in [0.1, 0.15) is 22.8 Å². The van der Waals surface area contributed by atoms with Crippen LogP contribution in [0.25, 0.3) is 0 Å². The number of ketones is 1. The summed E-state index contributed by atoms with van der Waals surface area (Å²) in [5.41, 5.74) is 1.09. The van der Waals surface area contributed by atoms with Gasteiger partial charge in [-0.05, 0) is 5.56 Å². The molecule has 1 aliphatic rings. The molecule has 0 atom stereocenters. The first-order valence-corrected chi connectivity index (χ1v) is 7.50. The predicted octanol–water partition coefficient (Wildman–Crippen LogP) is 0.482. The molecule has 8 heteroatoms. The normalized spacial score (nSPS) is 14.0. The van der Waals surface area contributed by atoms with Gasteiger partial charge >= 0.3 is 17.8 Å². The Labute approximate surface area is 144 Å². The molecule has 1 fully saturated rings. The fourth-order valence-corrected chi connectivity index (χ4v) is 2.25. The highest BCUT2D eigenvalue weighted by Crippen LogP contribution is 2.14. The Hall–Kier alpha value is -3.29. The smallest absolute Gasteiger partial charge is 0.334 e. The average molecular weight is 343 g/mol.